The van der Waals surface area contributed by atoms with Crippen LogP contribution in [0.4, 0.5) is 5.69 Å². The van der Waals surface area contributed by atoms with Gasteiger partial charge in [-0.1, -0.05) is 42.5 Å². The Hall–Kier alpha value is -4.06. The number of nitrogens with zero attached hydrogens (tertiary/aromatic N) is 2. The molecular weight excluding hydrogens is 356 g/mol. The molecule has 0 aromatic heterocycles. The fraction of sp³-hybridized carbons (Fsp3) is 0. The smallest absolute Gasteiger partial charge is 0.364 e. The van der Waals surface area contributed by atoms with Gasteiger partial charge in [0, 0.05) is 23.3 Å². The molecule has 0 fully saturated rings. The minimum absolute atomic E-state index is 0.0386. The van der Waals surface area contributed by atoms with Crippen LogP contribution in [0.1, 0.15) is 16.7 Å². The van der Waals surface area contributed by atoms with Gasteiger partial charge in [-0.05, 0) is 40.5 Å². The van der Waals surface area contributed by atoms with Crippen molar-refractivity contribution >= 4 is 23.1 Å². The molecule has 0 N–H and O–H groups in total. The molecule has 1 heterocycles. The number of hydrogen-bond acceptors (Lipinski definition) is 5. The number of carbonyl (C=O) groups is 1. The van der Waals surface area contributed by atoms with E-state index < -0.39 is 10.9 Å². The second kappa shape index (κ2) is 5.99. The highest BCUT2D eigenvalue weighted by atomic mass is 16.6. The topological polar surface area (TPSA) is 81.8 Å². The molecule has 5 rings (SSSR count). The first-order valence-corrected chi connectivity index (χ1v) is 8.62. The Morgan fingerprint density at radius 2 is 1.50 bits per heavy atom. The largest absolute Gasteiger partial charge is 0.402 e. The number of esters is 1. The van der Waals surface area contributed by atoms with Crippen LogP contribution in [0.2, 0.25) is 0 Å². The number of benzene rings is 3. The molecule has 6 nitrogen and oxygen atoms in total. The Morgan fingerprint density at radius 1 is 0.821 bits per heavy atom. The first kappa shape index (κ1) is 16.1. The zero-order chi connectivity index (χ0) is 19.3. The first-order valence-electron chi connectivity index (χ1n) is 8.62. The number of non-ortho nitro benzene ring substituents is 1. The number of ether oxygens (including phenoxy) is 1. The van der Waals surface area contributed by atoms with E-state index in [4.69, 9.17) is 4.74 Å². The first-order chi connectivity index (χ1) is 13.6. The lowest BCUT2D eigenvalue weighted by Gasteiger charge is -2.03. The van der Waals surface area contributed by atoms with E-state index in [-0.39, 0.29) is 17.3 Å². The second-order valence-corrected chi connectivity index (χ2v) is 6.43. The minimum atomic E-state index is -0.567. The molecule has 0 amide bonds. The summed E-state index contributed by atoms with van der Waals surface area (Å²) in [5.74, 6) is -0.340. The van der Waals surface area contributed by atoms with E-state index >= 15 is 0 Å². The van der Waals surface area contributed by atoms with Crippen LogP contribution in [0.3, 0.4) is 0 Å². The van der Waals surface area contributed by atoms with Crippen molar-refractivity contribution in [1.82, 2.24) is 0 Å². The van der Waals surface area contributed by atoms with Crippen LogP contribution in [-0.2, 0) is 9.53 Å². The van der Waals surface area contributed by atoms with E-state index in [1.165, 1.54) is 12.1 Å². The maximum atomic E-state index is 12.7. The lowest BCUT2D eigenvalue weighted by molar-refractivity contribution is -0.384. The number of rotatable bonds is 2. The molecule has 134 valence electrons. The molecule has 2 aliphatic rings. The van der Waals surface area contributed by atoms with Crippen molar-refractivity contribution in [3.63, 3.8) is 0 Å². The Kier molecular flexibility index (Phi) is 3.45. The predicted molar refractivity (Wildman–Crippen MR) is 104 cm³/mol. The molecule has 0 saturated heterocycles. The van der Waals surface area contributed by atoms with E-state index in [9.17, 15) is 14.9 Å². The summed E-state index contributed by atoms with van der Waals surface area (Å²) >= 11 is 0. The van der Waals surface area contributed by atoms with Gasteiger partial charge in [0.25, 0.3) is 5.69 Å². The fourth-order valence-corrected chi connectivity index (χ4v) is 3.59. The summed E-state index contributed by atoms with van der Waals surface area (Å²) < 4.78 is 5.40. The third-order valence-corrected chi connectivity index (χ3v) is 4.82. The third kappa shape index (κ3) is 2.35. The van der Waals surface area contributed by atoms with Gasteiger partial charge in [0.15, 0.2) is 5.70 Å². The summed E-state index contributed by atoms with van der Waals surface area (Å²) in [6.45, 7) is 0. The highest BCUT2D eigenvalue weighted by Gasteiger charge is 2.34. The van der Waals surface area contributed by atoms with Crippen molar-refractivity contribution in [3.8, 4) is 11.1 Å². The summed E-state index contributed by atoms with van der Waals surface area (Å²) in [5, 5.41) is 11.3. The summed E-state index contributed by atoms with van der Waals surface area (Å²) in [6.07, 6.45) is 0. The van der Waals surface area contributed by atoms with Gasteiger partial charge in [0.1, 0.15) is 0 Å². The molecule has 0 atom stereocenters. The number of fused-ring (bicyclic) bond motifs is 3. The van der Waals surface area contributed by atoms with Crippen LogP contribution in [0.25, 0.3) is 16.7 Å². The number of carbonyl (C=O) groups excluding carboxylic acids is 1. The molecule has 0 spiro atoms. The van der Waals surface area contributed by atoms with Crippen molar-refractivity contribution in [2.45, 2.75) is 0 Å². The molecule has 0 bridgehead atoms. The van der Waals surface area contributed by atoms with Crippen LogP contribution in [0, 0.1) is 10.1 Å². The Labute approximate surface area is 159 Å². The summed E-state index contributed by atoms with van der Waals surface area (Å²) in [4.78, 5) is 27.9. The number of nitro benzene ring substituents is 1. The molecular formula is C22H12N2O4. The molecule has 6 heteroatoms. The summed E-state index contributed by atoms with van der Waals surface area (Å²) in [5.41, 5.74) is 4.53. The van der Waals surface area contributed by atoms with Crippen molar-refractivity contribution in [3.05, 3.63) is 105 Å². The zero-order valence-electron chi connectivity index (χ0n) is 14.5. The monoisotopic (exact) mass is 368 g/mol. The number of hydrogen-bond donors (Lipinski definition) is 0. The minimum Gasteiger partial charge on any atom is -0.402 e. The number of aliphatic imine (C=N–C) groups is 1. The van der Waals surface area contributed by atoms with Crippen molar-refractivity contribution in [2.24, 2.45) is 4.99 Å². The van der Waals surface area contributed by atoms with E-state index in [0.717, 1.165) is 16.7 Å². The van der Waals surface area contributed by atoms with Crippen LogP contribution in [0.5, 0.6) is 0 Å². The normalized spacial score (nSPS) is 17.0. The molecule has 1 aliphatic carbocycles. The van der Waals surface area contributed by atoms with Gasteiger partial charge in [-0.15, -0.1) is 0 Å². The Morgan fingerprint density at radius 3 is 2.25 bits per heavy atom. The molecule has 0 unspecified atom stereocenters. The maximum absolute atomic E-state index is 12.7. The van der Waals surface area contributed by atoms with Crippen LogP contribution >= 0.6 is 0 Å². The standard InChI is InChI=1S/C22H12N2O4/c25-22-20(23-21(28-22)13-6-2-1-3-7-13)19-17-9-5-4-8-15(17)16-11-10-14(24(26)27)12-18(16)19/h1-12H/b20-19-. The van der Waals surface area contributed by atoms with Gasteiger partial charge in [-0.3, -0.25) is 10.1 Å². The molecule has 3 aromatic rings. The second-order valence-electron chi connectivity index (χ2n) is 6.43. The molecule has 3 aromatic carbocycles. The van der Waals surface area contributed by atoms with E-state index in [1.807, 2.05) is 42.5 Å². The lowest BCUT2D eigenvalue weighted by Crippen LogP contribution is -2.05. The average molecular weight is 368 g/mol. The summed E-state index contributed by atoms with van der Waals surface area (Å²) in [6, 6.07) is 21.4. The Bertz CT molecular complexity index is 1230. The van der Waals surface area contributed by atoms with Gasteiger partial charge in [-0.2, -0.15) is 0 Å². The Balaban J connectivity index is 1.78. The average Bonchev–Trinajstić information content (AvgIpc) is 3.25. The van der Waals surface area contributed by atoms with Gasteiger partial charge in [0.2, 0.25) is 5.90 Å². The van der Waals surface area contributed by atoms with E-state index in [1.54, 1.807) is 18.2 Å². The highest BCUT2D eigenvalue weighted by Crippen LogP contribution is 2.47. The quantitative estimate of drug-likeness (QED) is 0.228. The molecule has 0 radical (unpaired) electrons. The van der Waals surface area contributed by atoms with Gasteiger partial charge in [-0.25, -0.2) is 9.79 Å². The van der Waals surface area contributed by atoms with Crippen molar-refractivity contribution < 1.29 is 14.5 Å². The maximum Gasteiger partial charge on any atom is 0.364 e. The van der Waals surface area contributed by atoms with E-state index in [0.29, 0.717) is 16.7 Å². The van der Waals surface area contributed by atoms with Crippen LogP contribution < -0.4 is 0 Å². The zero-order valence-corrected chi connectivity index (χ0v) is 14.5. The van der Waals surface area contributed by atoms with Crippen molar-refractivity contribution in [2.75, 3.05) is 0 Å². The third-order valence-electron chi connectivity index (χ3n) is 4.82. The molecule has 28 heavy (non-hydrogen) atoms. The van der Waals surface area contributed by atoms with Crippen LogP contribution in [-0.4, -0.2) is 16.8 Å². The highest BCUT2D eigenvalue weighted by molar-refractivity contribution is 6.18. The number of cyclic esters (lactones) is 1. The summed E-state index contributed by atoms with van der Waals surface area (Å²) in [7, 11) is 0. The van der Waals surface area contributed by atoms with Gasteiger partial charge >= 0.3 is 5.97 Å². The molecule has 0 saturated carbocycles. The SMILES string of the molecule is O=C1OC(c2ccccc2)=N/C1=C1/c2ccccc2-c2ccc([N+](=O)[O-])cc21. The van der Waals surface area contributed by atoms with Gasteiger partial charge in [0.05, 0.1) is 4.92 Å². The lowest BCUT2D eigenvalue weighted by atomic mass is 10.0. The molecule has 1 aliphatic heterocycles. The fourth-order valence-electron chi connectivity index (χ4n) is 3.59. The van der Waals surface area contributed by atoms with Crippen molar-refractivity contribution in [1.29, 1.82) is 0 Å². The van der Waals surface area contributed by atoms with E-state index in [2.05, 4.69) is 4.99 Å². The van der Waals surface area contributed by atoms with Gasteiger partial charge < -0.3 is 4.74 Å². The predicted octanol–water partition coefficient (Wildman–Crippen LogP) is 4.34. The van der Waals surface area contributed by atoms with Crippen LogP contribution in [0.15, 0.2) is 83.5 Å². The number of nitro groups is 1.